The Morgan fingerprint density at radius 1 is 1.16 bits per heavy atom. The lowest BCUT2D eigenvalue weighted by Crippen LogP contribution is -2.19. The van der Waals surface area contributed by atoms with Crippen LogP contribution in [-0.2, 0) is 6.42 Å². The minimum atomic E-state index is 0.0195. The Morgan fingerprint density at radius 3 is 2.74 bits per heavy atom. The average molecular weight is 358 g/mol. The summed E-state index contributed by atoms with van der Waals surface area (Å²) in [6.07, 6.45) is 0.905. The summed E-state index contributed by atoms with van der Waals surface area (Å²) in [6, 6.07) is 13.6. The lowest BCUT2D eigenvalue weighted by molar-refractivity contribution is 0.232. The zero-order valence-electron chi connectivity index (χ0n) is 9.95. The Balaban J connectivity index is 1.87. The Morgan fingerprint density at radius 2 is 1.95 bits per heavy atom. The molecule has 0 aromatic heterocycles. The van der Waals surface area contributed by atoms with E-state index >= 15 is 0 Å². The molecule has 2 unspecified atom stereocenters. The van der Waals surface area contributed by atoms with E-state index in [2.05, 4.69) is 22.0 Å². The zero-order valence-corrected chi connectivity index (χ0v) is 13.0. The number of fused-ring (bicyclic) bond motifs is 1. The molecule has 1 nitrogen and oxygen atoms in total. The van der Waals surface area contributed by atoms with Crippen molar-refractivity contribution in [2.45, 2.75) is 17.4 Å². The van der Waals surface area contributed by atoms with Gasteiger partial charge < -0.3 is 4.74 Å². The van der Waals surface area contributed by atoms with Crippen molar-refractivity contribution in [2.24, 2.45) is 0 Å². The number of alkyl halides is 1. The van der Waals surface area contributed by atoms with Crippen LogP contribution in [-0.4, -0.2) is 6.10 Å². The van der Waals surface area contributed by atoms with Gasteiger partial charge in [-0.2, -0.15) is 0 Å². The molecule has 2 aromatic rings. The first-order valence-corrected chi connectivity index (χ1v) is 7.66. The Kier molecular flexibility index (Phi) is 3.75. The van der Waals surface area contributed by atoms with Gasteiger partial charge in [-0.1, -0.05) is 57.3 Å². The molecular weight excluding hydrogens is 347 g/mol. The third-order valence-electron chi connectivity index (χ3n) is 3.25. The SMILES string of the molecule is Clc1ccc(Cl)c(C(Br)C2Cc3ccccc3O2)c1. The Labute approximate surface area is 130 Å². The predicted molar refractivity (Wildman–Crippen MR) is 82.7 cm³/mol. The van der Waals surface area contributed by atoms with E-state index in [-0.39, 0.29) is 10.9 Å². The van der Waals surface area contributed by atoms with Crippen LogP contribution >= 0.6 is 39.1 Å². The third kappa shape index (κ3) is 2.62. The van der Waals surface area contributed by atoms with E-state index in [0.29, 0.717) is 10.0 Å². The van der Waals surface area contributed by atoms with E-state index in [1.54, 1.807) is 6.07 Å². The lowest BCUT2D eigenvalue weighted by Gasteiger charge is -2.19. The normalized spacial score (nSPS) is 18.8. The summed E-state index contributed by atoms with van der Waals surface area (Å²) in [5.74, 6) is 0.954. The number of hydrogen-bond acceptors (Lipinski definition) is 1. The summed E-state index contributed by atoms with van der Waals surface area (Å²) in [7, 11) is 0. The smallest absolute Gasteiger partial charge is 0.123 e. The van der Waals surface area contributed by atoms with E-state index in [1.165, 1.54) is 5.56 Å². The van der Waals surface area contributed by atoms with Gasteiger partial charge in [0.2, 0.25) is 0 Å². The number of rotatable bonds is 2. The molecule has 1 aliphatic rings. The largest absolute Gasteiger partial charge is 0.488 e. The van der Waals surface area contributed by atoms with Crippen molar-refractivity contribution in [1.82, 2.24) is 0 Å². The predicted octanol–water partition coefficient (Wildman–Crippen LogP) is 5.43. The second-order valence-corrected chi connectivity index (χ2v) is 6.37. The maximum absolute atomic E-state index is 6.24. The van der Waals surface area contributed by atoms with Crippen LogP contribution in [0.1, 0.15) is 16.0 Å². The first kappa shape index (κ1) is 13.3. The van der Waals surface area contributed by atoms with Gasteiger partial charge >= 0.3 is 0 Å². The number of halogens is 3. The van der Waals surface area contributed by atoms with Crippen LogP contribution in [0.25, 0.3) is 0 Å². The van der Waals surface area contributed by atoms with Gasteiger partial charge in [0.15, 0.2) is 0 Å². The molecule has 0 radical (unpaired) electrons. The molecule has 0 aliphatic carbocycles. The van der Waals surface area contributed by atoms with E-state index < -0.39 is 0 Å². The molecule has 0 spiro atoms. The molecule has 0 saturated carbocycles. The van der Waals surface area contributed by atoms with Gasteiger partial charge in [0.05, 0.1) is 4.83 Å². The molecule has 0 saturated heterocycles. The van der Waals surface area contributed by atoms with Crippen molar-refractivity contribution in [3.63, 3.8) is 0 Å². The molecule has 0 fully saturated rings. The van der Waals surface area contributed by atoms with Gasteiger partial charge in [-0.25, -0.2) is 0 Å². The fourth-order valence-corrected chi connectivity index (χ4v) is 3.52. The van der Waals surface area contributed by atoms with Crippen LogP contribution in [0, 0.1) is 0 Å². The molecule has 98 valence electrons. The second-order valence-electron chi connectivity index (χ2n) is 4.54. The van der Waals surface area contributed by atoms with Crippen molar-refractivity contribution in [2.75, 3.05) is 0 Å². The van der Waals surface area contributed by atoms with Crippen LogP contribution < -0.4 is 4.74 Å². The Hall–Kier alpha value is -0.700. The average Bonchev–Trinajstić information content (AvgIpc) is 2.84. The van der Waals surface area contributed by atoms with E-state index in [0.717, 1.165) is 17.7 Å². The first-order valence-electron chi connectivity index (χ1n) is 5.99. The summed E-state index contributed by atoms with van der Waals surface area (Å²) >= 11 is 16.0. The molecular formula is C15H11BrCl2O. The summed E-state index contributed by atoms with van der Waals surface area (Å²) < 4.78 is 5.97. The molecule has 1 heterocycles. The summed E-state index contributed by atoms with van der Waals surface area (Å²) in [4.78, 5) is 0.0195. The van der Waals surface area contributed by atoms with Crippen molar-refractivity contribution in [3.8, 4) is 5.75 Å². The quantitative estimate of drug-likeness (QED) is 0.651. The van der Waals surface area contributed by atoms with Crippen molar-refractivity contribution >= 4 is 39.1 Å². The van der Waals surface area contributed by atoms with Gasteiger partial charge in [0, 0.05) is 16.5 Å². The second kappa shape index (κ2) is 5.35. The van der Waals surface area contributed by atoms with Crippen molar-refractivity contribution in [1.29, 1.82) is 0 Å². The highest BCUT2D eigenvalue weighted by Crippen LogP contribution is 2.41. The first-order chi connectivity index (χ1) is 9.15. The van der Waals surface area contributed by atoms with E-state index in [4.69, 9.17) is 27.9 Å². The van der Waals surface area contributed by atoms with Crippen molar-refractivity contribution < 1.29 is 4.74 Å². The van der Waals surface area contributed by atoms with Gasteiger partial charge in [-0.15, -0.1) is 0 Å². The lowest BCUT2D eigenvalue weighted by atomic mass is 10.0. The van der Waals surface area contributed by atoms with Crippen LogP contribution in [0.15, 0.2) is 42.5 Å². The molecule has 0 amide bonds. The zero-order chi connectivity index (χ0) is 13.4. The number of para-hydroxylation sites is 1. The topological polar surface area (TPSA) is 9.23 Å². The van der Waals surface area contributed by atoms with Crippen molar-refractivity contribution in [3.05, 3.63) is 63.6 Å². The minimum absolute atomic E-state index is 0.0195. The fourth-order valence-electron chi connectivity index (χ4n) is 2.30. The monoisotopic (exact) mass is 356 g/mol. The minimum Gasteiger partial charge on any atom is -0.488 e. The maximum Gasteiger partial charge on any atom is 0.123 e. The standard InChI is InChI=1S/C15H11BrCl2O/c16-15(11-8-10(17)5-6-12(11)18)14-7-9-3-1-2-4-13(9)19-14/h1-6,8,14-15H,7H2. The molecule has 0 bridgehead atoms. The van der Waals surface area contributed by atoms with Gasteiger partial charge in [0.25, 0.3) is 0 Å². The molecule has 2 aromatic carbocycles. The summed E-state index contributed by atoms with van der Waals surface area (Å²) in [6.45, 7) is 0. The molecule has 3 rings (SSSR count). The summed E-state index contributed by atoms with van der Waals surface area (Å²) in [5, 5.41) is 1.38. The van der Waals surface area contributed by atoms with Crippen LogP contribution in [0.5, 0.6) is 5.75 Å². The third-order valence-corrected chi connectivity index (χ3v) is 4.92. The molecule has 2 atom stereocenters. The number of ether oxygens (including phenoxy) is 1. The summed E-state index contributed by atoms with van der Waals surface area (Å²) in [5.41, 5.74) is 2.20. The van der Waals surface area contributed by atoms with Gasteiger partial charge in [0.1, 0.15) is 11.9 Å². The van der Waals surface area contributed by atoms with Gasteiger partial charge in [-0.3, -0.25) is 0 Å². The van der Waals surface area contributed by atoms with E-state index in [1.807, 2.05) is 30.3 Å². The van der Waals surface area contributed by atoms with Gasteiger partial charge in [-0.05, 0) is 35.4 Å². The highest BCUT2D eigenvalue weighted by atomic mass is 79.9. The highest BCUT2D eigenvalue weighted by molar-refractivity contribution is 9.09. The highest BCUT2D eigenvalue weighted by Gasteiger charge is 2.30. The van der Waals surface area contributed by atoms with Crippen LogP contribution in [0.4, 0.5) is 0 Å². The maximum atomic E-state index is 6.24. The Bertz CT molecular complexity index is 590. The molecule has 1 aliphatic heterocycles. The molecule has 19 heavy (non-hydrogen) atoms. The number of hydrogen-bond donors (Lipinski definition) is 0. The fraction of sp³-hybridized carbons (Fsp3) is 0.200. The van der Waals surface area contributed by atoms with Crippen LogP contribution in [0.2, 0.25) is 10.0 Å². The van der Waals surface area contributed by atoms with E-state index in [9.17, 15) is 0 Å². The molecule has 4 heteroatoms. The van der Waals surface area contributed by atoms with Crippen LogP contribution in [0.3, 0.4) is 0 Å². The molecule has 0 N–H and O–H groups in total. The number of benzene rings is 2.